The molecular weight excluding hydrogens is 798 g/mol. The Morgan fingerprint density at radius 3 is 1.30 bits per heavy atom. The molecule has 61 heavy (non-hydrogen) atoms. The van der Waals surface area contributed by atoms with E-state index >= 15 is 4.79 Å². The van der Waals surface area contributed by atoms with Crippen molar-refractivity contribution in [3.05, 3.63) is 149 Å². The van der Waals surface area contributed by atoms with Gasteiger partial charge in [-0.1, -0.05) is 30.3 Å². The fraction of sp³-hybridized carbons (Fsp3) is 0.256. The van der Waals surface area contributed by atoms with E-state index in [-0.39, 0.29) is 80.6 Å². The average molecular weight is 841 g/mol. The number of nitro groups is 3. The summed E-state index contributed by atoms with van der Waals surface area (Å²) >= 11 is 0. The highest BCUT2D eigenvalue weighted by molar-refractivity contribution is 6.10. The number of carbonyl (C=O) groups excluding carboxylic acids is 1. The van der Waals surface area contributed by atoms with Gasteiger partial charge in [0.2, 0.25) is 0 Å². The molecule has 18 nitrogen and oxygen atoms in total. The number of benzene rings is 5. The summed E-state index contributed by atoms with van der Waals surface area (Å²) in [5, 5.41) is 39.7. The molecule has 319 valence electrons. The Bertz CT molecular complexity index is 2360. The van der Waals surface area contributed by atoms with E-state index in [9.17, 15) is 30.3 Å². The fourth-order valence-corrected chi connectivity index (χ4v) is 7.33. The molecule has 5 aromatic carbocycles. The molecule has 0 saturated carbocycles. The number of rotatable bonds is 20. The Hall–Kier alpha value is -7.63. The average Bonchev–Trinajstić information content (AvgIpc) is 3.28. The Morgan fingerprint density at radius 1 is 0.508 bits per heavy atom. The molecule has 5 aromatic rings. The maximum atomic E-state index is 15.2. The molecule has 0 atom stereocenters. The van der Waals surface area contributed by atoms with Gasteiger partial charge >= 0.3 is 0 Å². The van der Waals surface area contributed by atoms with Crippen LogP contribution in [0, 0.1) is 36.3 Å². The Kier molecular flexibility index (Phi) is 13.8. The predicted octanol–water partition coefficient (Wildman–Crippen LogP) is 7.90. The lowest BCUT2D eigenvalue weighted by Crippen LogP contribution is -2.37. The van der Waals surface area contributed by atoms with Crippen molar-refractivity contribution in [1.29, 1.82) is 0 Å². The molecule has 0 aliphatic rings. The topological polar surface area (TPSA) is 220 Å². The maximum absolute atomic E-state index is 15.2. The first-order valence-corrected chi connectivity index (χ1v) is 18.1. The molecule has 0 spiro atoms. The summed E-state index contributed by atoms with van der Waals surface area (Å²) in [6.45, 7) is 0. The van der Waals surface area contributed by atoms with E-state index in [0.29, 0.717) is 5.56 Å². The van der Waals surface area contributed by atoms with E-state index in [1.807, 2.05) is 0 Å². The van der Waals surface area contributed by atoms with Crippen LogP contribution in [0.3, 0.4) is 0 Å². The molecule has 1 radical (unpaired) electrons. The number of hydrogen-bond donors (Lipinski definition) is 0. The smallest absolute Gasteiger partial charge is 0.277 e. The van der Waals surface area contributed by atoms with Crippen molar-refractivity contribution in [2.45, 2.75) is 18.3 Å². The highest BCUT2D eigenvalue weighted by Gasteiger charge is 2.50. The molecule has 0 aliphatic heterocycles. The zero-order valence-corrected chi connectivity index (χ0v) is 34.5. The molecule has 0 unspecified atom stereocenters. The summed E-state index contributed by atoms with van der Waals surface area (Å²) in [5.41, 5.74) is -4.23. The minimum Gasteiger partial charge on any atom is -0.497 e. The second-order valence-corrected chi connectivity index (χ2v) is 13.3. The zero-order chi connectivity index (χ0) is 44.6. The quantitative estimate of drug-likeness (QED) is 0.0413. The molecule has 0 aliphatic carbocycles. The van der Waals surface area contributed by atoms with Gasteiger partial charge in [-0.15, -0.1) is 0 Å². The molecule has 0 bridgehead atoms. The minimum absolute atomic E-state index is 0.00112. The van der Waals surface area contributed by atoms with E-state index in [1.54, 1.807) is 36.4 Å². The van der Waals surface area contributed by atoms with E-state index in [4.69, 9.17) is 37.9 Å². The molecule has 5 rings (SSSR count). The Balaban J connectivity index is 2.12. The first-order chi connectivity index (χ1) is 29.2. The number of methoxy groups -OCH3 is 8. The predicted molar refractivity (Wildman–Crippen MR) is 220 cm³/mol. The molecule has 0 aromatic heterocycles. The van der Waals surface area contributed by atoms with Crippen LogP contribution in [0.5, 0.6) is 46.0 Å². The van der Waals surface area contributed by atoms with Gasteiger partial charge in [0.1, 0.15) is 11.5 Å². The molecule has 0 amide bonds. The van der Waals surface area contributed by atoms with Crippen LogP contribution in [0.15, 0.2) is 84.9 Å². The molecule has 0 heterocycles. The van der Waals surface area contributed by atoms with Gasteiger partial charge in [0, 0.05) is 33.7 Å². The number of nitro benzene ring substituents is 3. The van der Waals surface area contributed by atoms with Crippen molar-refractivity contribution < 1.29 is 57.5 Å². The van der Waals surface area contributed by atoms with Crippen LogP contribution < -0.4 is 37.9 Å². The largest absolute Gasteiger partial charge is 0.497 e. The first-order valence-electron chi connectivity index (χ1n) is 18.1. The van der Waals surface area contributed by atoms with E-state index in [0.717, 1.165) is 18.2 Å². The van der Waals surface area contributed by atoms with Gasteiger partial charge in [-0.2, -0.15) is 0 Å². The van der Waals surface area contributed by atoms with E-state index < -0.39 is 49.5 Å². The summed E-state index contributed by atoms with van der Waals surface area (Å²) in [5.74, 6) is -0.674. The lowest BCUT2D eigenvalue weighted by molar-refractivity contribution is -0.387. The highest BCUT2D eigenvalue weighted by atomic mass is 16.6. The monoisotopic (exact) mass is 840 g/mol. The molecule has 0 N–H and O–H groups in total. The highest BCUT2D eigenvalue weighted by Crippen LogP contribution is 2.55. The van der Waals surface area contributed by atoms with Crippen molar-refractivity contribution in [2.75, 3.05) is 56.9 Å². The van der Waals surface area contributed by atoms with Crippen LogP contribution in [-0.4, -0.2) is 77.4 Å². The van der Waals surface area contributed by atoms with Gasteiger partial charge < -0.3 is 37.9 Å². The normalized spacial score (nSPS) is 11.0. The minimum atomic E-state index is -2.14. The molecule has 0 saturated heterocycles. The number of hydrogen-bond acceptors (Lipinski definition) is 15. The van der Waals surface area contributed by atoms with Gasteiger partial charge in [0.25, 0.3) is 17.1 Å². The third-order valence-corrected chi connectivity index (χ3v) is 10.2. The van der Waals surface area contributed by atoms with Crippen LogP contribution in [0.4, 0.5) is 17.1 Å². The van der Waals surface area contributed by atoms with Crippen LogP contribution >= 0.6 is 0 Å². The summed E-state index contributed by atoms with van der Waals surface area (Å²) in [7, 11) is 10.5. The van der Waals surface area contributed by atoms with Gasteiger partial charge in [-0.05, 0) is 48.7 Å². The maximum Gasteiger partial charge on any atom is 0.277 e. The fourth-order valence-electron chi connectivity index (χ4n) is 7.33. The van der Waals surface area contributed by atoms with Crippen molar-refractivity contribution in [1.82, 2.24) is 0 Å². The molecular formula is C43H42N3O15. The van der Waals surface area contributed by atoms with Gasteiger partial charge in [-0.25, -0.2) is 0 Å². The lowest BCUT2D eigenvalue weighted by atomic mass is 9.62. The van der Waals surface area contributed by atoms with E-state index in [2.05, 4.69) is 0 Å². The first kappa shape index (κ1) is 44.5. The summed E-state index contributed by atoms with van der Waals surface area (Å²) in [6.07, 6.45) is -1.08. The van der Waals surface area contributed by atoms with Crippen molar-refractivity contribution in [2.24, 2.45) is 0 Å². The number of Topliss-reactive ketones (excluding diaryl/α,β-unsaturated/α-hetero) is 1. The Labute approximate surface area is 349 Å². The molecule has 18 heteroatoms. The third-order valence-electron chi connectivity index (χ3n) is 10.2. The van der Waals surface area contributed by atoms with Crippen LogP contribution in [-0.2, 0) is 11.8 Å². The van der Waals surface area contributed by atoms with Crippen LogP contribution in [0.1, 0.15) is 39.0 Å². The molecule has 0 fully saturated rings. The van der Waals surface area contributed by atoms with Crippen molar-refractivity contribution in [3.63, 3.8) is 0 Å². The number of ketones is 1. The summed E-state index contributed by atoms with van der Waals surface area (Å²) in [4.78, 5) is 52.8. The van der Waals surface area contributed by atoms with Crippen LogP contribution in [0.2, 0.25) is 0 Å². The van der Waals surface area contributed by atoms with Crippen LogP contribution in [0.25, 0.3) is 0 Å². The van der Waals surface area contributed by atoms with Crippen molar-refractivity contribution in [3.8, 4) is 46.0 Å². The number of ether oxygens (including phenoxy) is 8. The van der Waals surface area contributed by atoms with E-state index in [1.165, 1.54) is 87.2 Å². The van der Waals surface area contributed by atoms with Gasteiger partial charge in [-0.3, -0.25) is 35.1 Å². The number of carbonyl (C=O) groups is 1. The van der Waals surface area contributed by atoms with Gasteiger partial charge in [0.15, 0.2) is 40.3 Å². The lowest BCUT2D eigenvalue weighted by Gasteiger charge is -2.38. The SMILES string of the molecule is COc1cc(CC(C[C](C(=O)c2ccccc2)c2cc(OC)c(OC)cc2[N+](=O)[O-])(c2cc(OC)c(OC)cc2[N+](=O)[O-])c2cc(OC)c(OC)cc2[N+](=O)[O-])cc(OC)c1. The van der Waals surface area contributed by atoms with Crippen molar-refractivity contribution >= 4 is 22.8 Å². The second kappa shape index (κ2) is 19.0. The van der Waals surface area contributed by atoms with Gasteiger partial charge in [0.05, 0.1) is 95.8 Å². The Morgan fingerprint density at radius 2 is 0.902 bits per heavy atom. The second-order valence-electron chi connectivity index (χ2n) is 13.3. The number of nitrogens with zero attached hydrogens (tertiary/aromatic N) is 3. The third kappa shape index (κ3) is 8.87. The summed E-state index contributed by atoms with van der Waals surface area (Å²) in [6, 6.07) is 19.7. The standard InChI is InChI=1S/C43H42N3O15/c1-54-27-14-25(15-28(16-27)55-2)23-43(31-18-37(57-4)40(60-7)21-34(31)45(50)51,32-19-38(58-5)41(61-8)22-35(32)46(52)53)24-30(42(47)26-12-10-9-11-13-26)29-17-36(56-3)39(59-6)20-33(29)44(48)49/h9-22H,23-24H2,1-8H3. The summed E-state index contributed by atoms with van der Waals surface area (Å²) < 4.78 is 44.4. The zero-order valence-electron chi connectivity index (χ0n) is 34.5.